The number of carbonyl (C=O) groups excluding carboxylic acids is 1. The second kappa shape index (κ2) is 11.9. The number of nitrogens with zero attached hydrogens (tertiary/aromatic N) is 7. The molecule has 2 aliphatic rings. The molecule has 3 aromatic heterocycles. The number of aryl methyl sites for hydroxylation is 1. The number of amides is 1. The van der Waals surface area contributed by atoms with Crippen LogP contribution in [0.2, 0.25) is 0 Å². The molecule has 1 N–H and O–H groups in total. The van der Waals surface area contributed by atoms with Crippen LogP contribution in [0.15, 0.2) is 55.0 Å². The number of rotatable bonds is 7. The van der Waals surface area contributed by atoms with Gasteiger partial charge in [0.1, 0.15) is 11.6 Å². The van der Waals surface area contributed by atoms with Gasteiger partial charge < -0.3 is 15.0 Å². The van der Waals surface area contributed by atoms with Gasteiger partial charge in [-0.15, -0.1) is 0 Å². The number of carbonyl (C=O) groups is 1. The fourth-order valence-electron chi connectivity index (χ4n) is 5.63. The molecule has 2 aliphatic heterocycles. The molecule has 0 bridgehead atoms. The molecule has 4 aromatic rings. The maximum atomic E-state index is 13.2. The van der Waals surface area contributed by atoms with Crippen LogP contribution in [0.5, 0.6) is 0 Å². The van der Waals surface area contributed by atoms with Gasteiger partial charge in [0.15, 0.2) is 0 Å². The van der Waals surface area contributed by atoms with Gasteiger partial charge in [-0.1, -0.05) is 12.1 Å². The number of hydrogen-bond donors (Lipinski definition) is 1. The number of fused-ring (bicyclic) bond motifs is 1. The predicted molar refractivity (Wildman–Crippen MR) is 161 cm³/mol. The molecule has 0 unspecified atom stereocenters. The first-order valence-electron chi connectivity index (χ1n) is 14.4. The lowest BCUT2D eigenvalue weighted by atomic mass is 10.0. The van der Waals surface area contributed by atoms with Gasteiger partial charge in [-0.05, 0) is 49.1 Å². The standard InChI is InChI=1S/C31H38N8O2/c1-22(2)38-8-10-39(11-9-38)30-18-24(6-7-32-30)31(40)35-29-17-26-16-23(4-5-25(26)19-33-29)27-20-34-36(3)28(27)21-37-12-14-41-15-13-37/h4-7,16-20,22H,8-15,21H2,1-3H3,(H,33,35,40). The maximum Gasteiger partial charge on any atom is 0.257 e. The van der Waals surface area contributed by atoms with E-state index in [1.165, 1.54) is 5.69 Å². The summed E-state index contributed by atoms with van der Waals surface area (Å²) in [7, 11) is 1.99. The van der Waals surface area contributed by atoms with Crippen molar-refractivity contribution < 1.29 is 9.53 Å². The third kappa shape index (κ3) is 6.09. The molecule has 41 heavy (non-hydrogen) atoms. The van der Waals surface area contributed by atoms with E-state index in [4.69, 9.17) is 4.74 Å². The van der Waals surface area contributed by atoms with E-state index in [1.54, 1.807) is 18.5 Å². The van der Waals surface area contributed by atoms with E-state index < -0.39 is 0 Å². The van der Waals surface area contributed by atoms with Crippen molar-refractivity contribution in [3.63, 3.8) is 0 Å². The fraction of sp³-hybridized carbons (Fsp3) is 0.419. The maximum absolute atomic E-state index is 13.2. The van der Waals surface area contributed by atoms with Crippen LogP contribution in [0.25, 0.3) is 21.9 Å². The summed E-state index contributed by atoms with van der Waals surface area (Å²) in [6.07, 6.45) is 5.45. The van der Waals surface area contributed by atoms with Crippen molar-refractivity contribution in [2.75, 3.05) is 62.7 Å². The SMILES string of the molecule is CC(C)N1CCN(c2cc(C(=O)Nc3cc4cc(-c5cnn(C)c5CN5CCOCC5)ccc4cn3)ccn2)CC1. The first-order chi connectivity index (χ1) is 19.9. The minimum atomic E-state index is -0.197. The first kappa shape index (κ1) is 27.3. The summed E-state index contributed by atoms with van der Waals surface area (Å²) in [5.74, 6) is 1.15. The Balaban J connectivity index is 1.18. The summed E-state index contributed by atoms with van der Waals surface area (Å²) < 4.78 is 7.48. The number of benzene rings is 1. The Morgan fingerprint density at radius 3 is 2.54 bits per heavy atom. The summed E-state index contributed by atoms with van der Waals surface area (Å²) in [5, 5.41) is 9.57. The Hall–Kier alpha value is -3.86. The molecule has 10 nitrogen and oxygen atoms in total. The van der Waals surface area contributed by atoms with Crippen molar-refractivity contribution in [2.45, 2.75) is 26.4 Å². The lowest BCUT2D eigenvalue weighted by Gasteiger charge is -2.37. The normalized spacial score (nSPS) is 16.9. The Kier molecular flexibility index (Phi) is 7.95. The average Bonchev–Trinajstić information content (AvgIpc) is 3.36. The zero-order chi connectivity index (χ0) is 28.3. The second-order valence-electron chi connectivity index (χ2n) is 11.1. The number of pyridine rings is 2. The van der Waals surface area contributed by atoms with Crippen LogP contribution >= 0.6 is 0 Å². The van der Waals surface area contributed by atoms with Gasteiger partial charge in [0.2, 0.25) is 0 Å². The van der Waals surface area contributed by atoms with Crippen molar-refractivity contribution in [3.05, 3.63) is 66.2 Å². The van der Waals surface area contributed by atoms with Gasteiger partial charge in [0.05, 0.1) is 25.1 Å². The van der Waals surface area contributed by atoms with Gasteiger partial charge in [0.25, 0.3) is 5.91 Å². The van der Waals surface area contributed by atoms with E-state index in [2.05, 4.69) is 67.1 Å². The van der Waals surface area contributed by atoms with Crippen LogP contribution in [0, 0.1) is 0 Å². The third-order valence-electron chi connectivity index (χ3n) is 8.19. The minimum absolute atomic E-state index is 0.197. The predicted octanol–water partition coefficient (Wildman–Crippen LogP) is 3.65. The topological polar surface area (TPSA) is 91.7 Å². The highest BCUT2D eigenvalue weighted by Gasteiger charge is 2.21. The van der Waals surface area contributed by atoms with Crippen molar-refractivity contribution in [2.24, 2.45) is 7.05 Å². The summed E-state index contributed by atoms with van der Waals surface area (Å²) in [6, 6.07) is 12.4. The number of morpholine rings is 1. The van der Waals surface area contributed by atoms with Crippen molar-refractivity contribution in [1.29, 1.82) is 0 Å². The lowest BCUT2D eigenvalue weighted by Crippen LogP contribution is -2.49. The smallest absolute Gasteiger partial charge is 0.257 e. The second-order valence-corrected chi connectivity index (χ2v) is 11.1. The highest BCUT2D eigenvalue weighted by molar-refractivity contribution is 6.05. The fourth-order valence-corrected chi connectivity index (χ4v) is 5.63. The molecule has 10 heteroatoms. The molecule has 0 atom stereocenters. The zero-order valence-corrected chi connectivity index (χ0v) is 24.1. The van der Waals surface area contributed by atoms with Crippen LogP contribution in [0.3, 0.4) is 0 Å². The monoisotopic (exact) mass is 554 g/mol. The van der Waals surface area contributed by atoms with Gasteiger partial charge in [-0.2, -0.15) is 5.10 Å². The lowest BCUT2D eigenvalue weighted by molar-refractivity contribution is 0.0332. The van der Waals surface area contributed by atoms with Crippen LogP contribution in [-0.2, 0) is 18.3 Å². The van der Waals surface area contributed by atoms with Gasteiger partial charge >= 0.3 is 0 Å². The summed E-state index contributed by atoms with van der Waals surface area (Å²) in [5.41, 5.74) is 3.95. The number of nitrogens with one attached hydrogen (secondary N) is 1. The molecule has 2 fully saturated rings. The molecular weight excluding hydrogens is 516 g/mol. The van der Waals surface area contributed by atoms with E-state index in [1.807, 2.05) is 30.1 Å². The van der Waals surface area contributed by atoms with E-state index in [-0.39, 0.29) is 5.91 Å². The number of hydrogen-bond acceptors (Lipinski definition) is 8. The highest BCUT2D eigenvalue weighted by atomic mass is 16.5. The van der Waals surface area contributed by atoms with E-state index in [0.717, 1.165) is 86.7 Å². The molecule has 1 amide bonds. The molecule has 0 spiro atoms. The summed E-state index contributed by atoms with van der Waals surface area (Å²) in [4.78, 5) is 29.4. The van der Waals surface area contributed by atoms with Crippen LogP contribution in [0.1, 0.15) is 29.9 Å². The number of anilines is 2. The van der Waals surface area contributed by atoms with Gasteiger partial charge in [0, 0.05) is 87.8 Å². The number of ether oxygens (including phenoxy) is 1. The first-order valence-corrected chi connectivity index (χ1v) is 14.4. The molecule has 2 saturated heterocycles. The Morgan fingerprint density at radius 2 is 1.76 bits per heavy atom. The molecule has 1 aromatic carbocycles. The summed E-state index contributed by atoms with van der Waals surface area (Å²) >= 11 is 0. The Morgan fingerprint density at radius 1 is 0.951 bits per heavy atom. The van der Waals surface area contributed by atoms with Crippen molar-refractivity contribution in [3.8, 4) is 11.1 Å². The molecule has 0 aliphatic carbocycles. The highest BCUT2D eigenvalue weighted by Crippen LogP contribution is 2.29. The van der Waals surface area contributed by atoms with Gasteiger partial charge in [-0.3, -0.25) is 19.3 Å². The number of piperazine rings is 1. The minimum Gasteiger partial charge on any atom is -0.379 e. The van der Waals surface area contributed by atoms with Crippen LogP contribution in [0.4, 0.5) is 11.6 Å². The van der Waals surface area contributed by atoms with Gasteiger partial charge in [-0.25, -0.2) is 9.97 Å². The van der Waals surface area contributed by atoms with E-state index in [0.29, 0.717) is 17.4 Å². The molecule has 0 saturated carbocycles. The Bertz CT molecular complexity index is 1520. The largest absolute Gasteiger partial charge is 0.379 e. The molecule has 5 heterocycles. The molecule has 214 valence electrons. The van der Waals surface area contributed by atoms with Crippen molar-refractivity contribution in [1.82, 2.24) is 29.5 Å². The quantitative estimate of drug-likeness (QED) is 0.370. The molecular formula is C31H38N8O2. The molecule has 0 radical (unpaired) electrons. The van der Waals surface area contributed by atoms with E-state index in [9.17, 15) is 4.79 Å². The third-order valence-corrected chi connectivity index (χ3v) is 8.19. The zero-order valence-electron chi connectivity index (χ0n) is 24.1. The average molecular weight is 555 g/mol. The number of aromatic nitrogens is 4. The van der Waals surface area contributed by atoms with E-state index >= 15 is 0 Å². The van der Waals surface area contributed by atoms with Crippen molar-refractivity contribution >= 4 is 28.3 Å². The Labute approximate surface area is 240 Å². The van der Waals surface area contributed by atoms with Crippen LogP contribution < -0.4 is 10.2 Å². The van der Waals surface area contributed by atoms with Crippen LogP contribution in [-0.4, -0.2) is 94.0 Å². The summed E-state index contributed by atoms with van der Waals surface area (Å²) in [6.45, 7) is 12.4. The molecule has 6 rings (SSSR count).